The van der Waals surface area contributed by atoms with Gasteiger partial charge in [-0.3, -0.25) is 0 Å². The Kier molecular flexibility index (Phi) is 4.91. The Morgan fingerprint density at radius 3 is 2.20 bits per heavy atom. The minimum Gasteiger partial charge on any atom is -0.324 e. The molecular formula is C18H22FN. The number of hydrogen-bond acceptors (Lipinski definition) is 1. The second kappa shape index (κ2) is 6.67. The van der Waals surface area contributed by atoms with Crippen molar-refractivity contribution in [3.63, 3.8) is 0 Å². The van der Waals surface area contributed by atoms with E-state index < -0.39 is 0 Å². The second-order valence-corrected chi connectivity index (χ2v) is 5.38. The van der Waals surface area contributed by atoms with E-state index in [2.05, 4.69) is 38.1 Å². The van der Waals surface area contributed by atoms with E-state index in [1.54, 1.807) is 12.1 Å². The van der Waals surface area contributed by atoms with Crippen molar-refractivity contribution in [3.05, 3.63) is 71.0 Å². The number of nitrogens with two attached hydrogens (primary N) is 1. The summed E-state index contributed by atoms with van der Waals surface area (Å²) in [5.41, 5.74) is 9.24. The fraction of sp³-hybridized carbons (Fsp3) is 0.333. The van der Waals surface area contributed by atoms with Gasteiger partial charge in [0.25, 0.3) is 0 Å². The molecule has 2 atom stereocenters. The Labute approximate surface area is 120 Å². The monoisotopic (exact) mass is 271 g/mol. The van der Waals surface area contributed by atoms with Gasteiger partial charge in [0.2, 0.25) is 0 Å². The normalized spacial score (nSPS) is 14.0. The summed E-state index contributed by atoms with van der Waals surface area (Å²) < 4.78 is 13.6. The average molecular weight is 271 g/mol. The van der Waals surface area contributed by atoms with Crippen LogP contribution in [0.25, 0.3) is 0 Å². The van der Waals surface area contributed by atoms with E-state index >= 15 is 0 Å². The van der Waals surface area contributed by atoms with E-state index in [1.807, 2.05) is 6.07 Å². The summed E-state index contributed by atoms with van der Waals surface area (Å²) in [4.78, 5) is 0. The third-order valence-corrected chi connectivity index (χ3v) is 3.94. The van der Waals surface area contributed by atoms with Crippen LogP contribution in [-0.2, 0) is 6.42 Å². The average Bonchev–Trinajstić information content (AvgIpc) is 2.49. The van der Waals surface area contributed by atoms with Crippen LogP contribution in [0, 0.1) is 5.82 Å². The van der Waals surface area contributed by atoms with Gasteiger partial charge in [-0.2, -0.15) is 0 Å². The summed E-state index contributed by atoms with van der Waals surface area (Å²) in [6.07, 6.45) is 1.65. The van der Waals surface area contributed by atoms with Crippen molar-refractivity contribution in [1.29, 1.82) is 0 Å². The maximum absolute atomic E-state index is 13.6. The van der Waals surface area contributed by atoms with Crippen LogP contribution < -0.4 is 5.73 Å². The Balaban J connectivity index is 2.10. The predicted molar refractivity (Wildman–Crippen MR) is 82.2 cm³/mol. The van der Waals surface area contributed by atoms with E-state index in [-0.39, 0.29) is 11.9 Å². The van der Waals surface area contributed by atoms with E-state index in [9.17, 15) is 4.39 Å². The molecule has 0 spiro atoms. The van der Waals surface area contributed by atoms with E-state index in [1.165, 1.54) is 11.6 Å². The van der Waals surface area contributed by atoms with Crippen LogP contribution in [0.3, 0.4) is 0 Å². The molecule has 0 saturated heterocycles. The van der Waals surface area contributed by atoms with Crippen LogP contribution in [0.1, 0.15) is 48.9 Å². The molecule has 0 aromatic heterocycles. The zero-order valence-electron chi connectivity index (χ0n) is 12.1. The van der Waals surface area contributed by atoms with Gasteiger partial charge in [0.15, 0.2) is 0 Å². The summed E-state index contributed by atoms with van der Waals surface area (Å²) in [6.45, 7) is 4.40. The van der Waals surface area contributed by atoms with Crippen molar-refractivity contribution in [3.8, 4) is 0 Å². The van der Waals surface area contributed by atoms with Crippen molar-refractivity contribution in [2.24, 2.45) is 5.73 Å². The predicted octanol–water partition coefficient (Wildman–Crippen LogP) is 4.58. The van der Waals surface area contributed by atoms with Gasteiger partial charge in [0, 0.05) is 6.04 Å². The van der Waals surface area contributed by atoms with Crippen molar-refractivity contribution >= 4 is 0 Å². The summed E-state index contributed by atoms with van der Waals surface area (Å²) in [7, 11) is 0. The Morgan fingerprint density at radius 2 is 1.60 bits per heavy atom. The molecule has 2 N–H and O–H groups in total. The molecule has 106 valence electrons. The minimum atomic E-state index is -0.181. The van der Waals surface area contributed by atoms with Crippen molar-refractivity contribution in [2.75, 3.05) is 0 Å². The van der Waals surface area contributed by atoms with Crippen LogP contribution in [0.2, 0.25) is 0 Å². The minimum absolute atomic E-state index is 0.169. The molecule has 2 unspecified atom stereocenters. The molecule has 2 rings (SSSR count). The molecule has 2 aromatic rings. The molecule has 0 fully saturated rings. The Bertz CT molecular complexity index is 548. The zero-order valence-corrected chi connectivity index (χ0v) is 12.1. The first-order valence-electron chi connectivity index (χ1n) is 7.20. The van der Waals surface area contributed by atoms with Crippen LogP contribution >= 0.6 is 0 Å². The lowest BCUT2D eigenvalue weighted by Gasteiger charge is -2.15. The standard InChI is InChI=1S/C18H22FN/c1-3-13(2)14-8-10-15(11-9-14)18(20)12-16-6-4-5-7-17(16)19/h4-11,13,18H,3,12,20H2,1-2H3. The summed E-state index contributed by atoms with van der Waals surface area (Å²) in [5, 5.41) is 0. The molecule has 0 aliphatic rings. The Morgan fingerprint density at radius 1 is 1.00 bits per heavy atom. The fourth-order valence-corrected chi connectivity index (χ4v) is 2.33. The van der Waals surface area contributed by atoms with E-state index in [0.717, 1.165) is 12.0 Å². The molecular weight excluding hydrogens is 249 g/mol. The van der Waals surface area contributed by atoms with Gasteiger partial charge in [-0.25, -0.2) is 4.39 Å². The largest absolute Gasteiger partial charge is 0.324 e. The third kappa shape index (κ3) is 3.45. The van der Waals surface area contributed by atoms with Crippen LogP contribution in [-0.4, -0.2) is 0 Å². The first-order chi connectivity index (χ1) is 9.61. The second-order valence-electron chi connectivity index (χ2n) is 5.38. The summed E-state index contributed by atoms with van der Waals surface area (Å²) in [6, 6.07) is 15.0. The van der Waals surface area contributed by atoms with Gasteiger partial charge >= 0.3 is 0 Å². The number of benzene rings is 2. The van der Waals surface area contributed by atoms with E-state index in [0.29, 0.717) is 17.9 Å². The molecule has 0 amide bonds. The lowest BCUT2D eigenvalue weighted by atomic mass is 9.94. The fourth-order valence-electron chi connectivity index (χ4n) is 2.33. The molecule has 2 heteroatoms. The van der Waals surface area contributed by atoms with Gasteiger partial charge in [-0.15, -0.1) is 0 Å². The van der Waals surface area contributed by atoms with Gasteiger partial charge in [-0.1, -0.05) is 56.3 Å². The van der Waals surface area contributed by atoms with Gasteiger partial charge in [-0.05, 0) is 41.5 Å². The smallest absolute Gasteiger partial charge is 0.126 e. The molecule has 2 aromatic carbocycles. The summed E-state index contributed by atoms with van der Waals surface area (Å²) in [5.74, 6) is 0.381. The van der Waals surface area contributed by atoms with Crippen molar-refractivity contribution in [2.45, 2.75) is 38.6 Å². The molecule has 0 aliphatic heterocycles. The quantitative estimate of drug-likeness (QED) is 0.846. The van der Waals surface area contributed by atoms with Crippen LogP contribution in [0.5, 0.6) is 0 Å². The maximum Gasteiger partial charge on any atom is 0.126 e. The molecule has 20 heavy (non-hydrogen) atoms. The van der Waals surface area contributed by atoms with Crippen LogP contribution in [0.4, 0.5) is 4.39 Å². The topological polar surface area (TPSA) is 26.0 Å². The molecule has 0 saturated carbocycles. The first kappa shape index (κ1) is 14.7. The highest BCUT2D eigenvalue weighted by atomic mass is 19.1. The van der Waals surface area contributed by atoms with Crippen molar-refractivity contribution in [1.82, 2.24) is 0 Å². The maximum atomic E-state index is 13.6. The molecule has 0 bridgehead atoms. The highest BCUT2D eigenvalue weighted by molar-refractivity contribution is 5.29. The molecule has 1 nitrogen and oxygen atoms in total. The molecule has 0 radical (unpaired) electrons. The lowest BCUT2D eigenvalue weighted by Crippen LogP contribution is -2.14. The number of rotatable bonds is 5. The first-order valence-corrected chi connectivity index (χ1v) is 7.20. The van der Waals surface area contributed by atoms with Crippen molar-refractivity contribution < 1.29 is 4.39 Å². The highest BCUT2D eigenvalue weighted by Gasteiger charge is 2.11. The highest BCUT2D eigenvalue weighted by Crippen LogP contribution is 2.22. The van der Waals surface area contributed by atoms with Gasteiger partial charge in [0.1, 0.15) is 5.82 Å². The van der Waals surface area contributed by atoms with Gasteiger partial charge in [0.05, 0.1) is 0 Å². The molecule has 0 aliphatic carbocycles. The van der Waals surface area contributed by atoms with E-state index in [4.69, 9.17) is 5.73 Å². The zero-order chi connectivity index (χ0) is 14.5. The SMILES string of the molecule is CCC(C)c1ccc(C(N)Cc2ccccc2F)cc1. The molecule has 0 heterocycles. The number of halogens is 1. The Hall–Kier alpha value is -1.67. The summed E-state index contributed by atoms with van der Waals surface area (Å²) >= 11 is 0. The number of hydrogen-bond donors (Lipinski definition) is 1. The lowest BCUT2D eigenvalue weighted by molar-refractivity contribution is 0.593. The van der Waals surface area contributed by atoms with Gasteiger partial charge < -0.3 is 5.73 Å². The third-order valence-electron chi connectivity index (χ3n) is 3.94. The van der Waals surface area contributed by atoms with Crippen LogP contribution in [0.15, 0.2) is 48.5 Å².